The van der Waals surface area contributed by atoms with Crippen molar-refractivity contribution in [2.75, 3.05) is 12.3 Å². The summed E-state index contributed by atoms with van der Waals surface area (Å²) >= 11 is 0. The third kappa shape index (κ3) is 1.26. The summed E-state index contributed by atoms with van der Waals surface area (Å²) in [4.78, 5) is 11.3. The topological polar surface area (TPSA) is 72.9 Å². The zero-order valence-electron chi connectivity index (χ0n) is 7.45. The van der Waals surface area contributed by atoms with Crippen LogP contribution in [0, 0.1) is 6.92 Å². The highest BCUT2D eigenvalue weighted by molar-refractivity contribution is 5.82. The van der Waals surface area contributed by atoms with Gasteiger partial charge in [-0.2, -0.15) is 5.10 Å². The van der Waals surface area contributed by atoms with E-state index < -0.39 is 0 Å². The van der Waals surface area contributed by atoms with E-state index in [9.17, 15) is 4.79 Å². The summed E-state index contributed by atoms with van der Waals surface area (Å²) in [5.41, 5.74) is 7.05. The minimum atomic E-state index is -0.170. The molecule has 0 radical (unpaired) electrons. The van der Waals surface area contributed by atoms with Crippen molar-refractivity contribution in [1.29, 1.82) is 0 Å². The number of nitrogen functional groups attached to an aromatic ring is 1. The first-order valence-corrected chi connectivity index (χ1v) is 4.27. The number of nitrogens with zero attached hydrogens (tertiary/aromatic N) is 2. The zero-order chi connectivity index (χ0) is 9.42. The van der Waals surface area contributed by atoms with Crippen LogP contribution in [0.1, 0.15) is 18.2 Å². The van der Waals surface area contributed by atoms with Crippen LogP contribution in [0.4, 0.5) is 5.69 Å². The summed E-state index contributed by atoms with van der Waals surface area (Å²) in [6.07, 6.45) is 2.50. The molecule has 13 heavy (non-hydrogen) atoms. The molecular weight excluding hydrogens is 168 g/mol. The Morgan fingerprint density at radius 2 is 2.54 bits per heavy atom. The van der Waals surface area contributed by atoms with Gasteiger partial charge in [0, 0.05) is 12.7 Å². The fourth-order valence-electron chi connectivity index (χ4n) is 1.49. The molecule has 0 bridgehead atoms. The summed E-state index contributed by atoms with van der Waals surface area (Å²) in [5.74, 6) is 0.0301. The Balaban J connectivity index is 2.29. The van der Waals surface area contributed by atoms with Gasteiger partial charge in [0.05, 0.1) is 11.4 Å². The number of carbonyl (C=O) groups excluding carboxylic acids is 1. The molecule has 1 aromatic rings. The Hall–Kier alpha value is -1.52. The van der Waals surface area contributed by atoms with Crippen molar-refractivity contribution in [2.45, 2.75) is 19.4 Å². The highest BCUT2D eigenvalue weighted by Gasteiger charge is 2.26. The van der Waals surface area contributed by atoms with Crippen LogP contribution in [0.5, 0.6) is 0 Å². The molecule has 1 fully saturated rings. The third-order valence-electron chi connectivity index (χ3n) is 2.29. The summed E-state index contributed by atoms with van der Waals surface area (Å²) in [5, 5.41) is 6.93. The van der Waals surface area contributed by atoms with E-state index in [0.29, 0.717) is 5.69 Å². The lowest BCUT2D eigenvalue weighted by atomic mass is 10.2. The van der Waals surface area contributed by atoms with E-state index in [1.165, 1.54) is 0 Å². The number of amides is 1. The predicted molar refractivity (Wildman–Crippen MR) is 48.0 cm³/mol. The lowest BCUT2D eigenvalue weighted by Crippen LogP contribution is -2.22. The van der Waals surface area contributed by atoms with Gasteiger partial charge in [0.2, 0.25) is 5.91 Å². The van der Waals surface area contributed by atoms with Crippen LogP contribution >= 0.6 is 0 Å². The molecule has 5 heteroatoms. The quantitative estimate of drug-likeness (QED) is 0.630. The first-order chi connectivity index (χ1) is 6.18. The number of aryl methyl sites for hydroxylation is 1. The first-order valence-electron chi connectivity index (χ1n) is 4.27. The van der Waals surface area contributed by atoms with Gasteiger partial charge in [-0.3, -0.25) is 9.48 Å². The number of rotatable bonds is 1. The number of carbonyl (C=O) groups is 1. The van der Waals surface area contributed by atoms with Crippen LogP contribution in [0.25, 0.3) is 0 Å². The number of hydrogen-bond donors (Lipinski definition) is 2. The molecule has 2 rings (SSSR count). The standard InChI is InChI=1S/C8H12N4O/c1-5-6(9)4-12(11-5)7-2-3-10-8(7)13/h4,7H,2-3,9H2,1H3,(H,10,13). The second-order valence-corrected chi connectivity index (χ2v) is 3.25. The smallest absolute Gasteiger partial charge is 0.244 e. The van der Waals surface area contributed by atoms with Gasteiger partial charge in [0.15, 0.2) is 0 Å². The summed E-state index contributed by atoms with van der Waals surface area (Å²) in [7, 11) is 0. The van der Waals surface area contributed by atoms with E-state index in [1.807, 2.05) is 6.92 Å². The highest BCUT2D eigenvalue weighted by Crippen LogP contribution is 2.18. The minimum Gasteiger partial charge on any atom is -0.396 e. The van der Waals surface area contributed by atoms with Gasteiger partial charge in [-0.05, 0) is 13.3 Å². The van der Waals surface area contributed by atoms with Gasteiger partial charge in [-0.25, -0.2) is 0 Å². The third-order valence-corrected chi connectivity index (χ3v) is 2.29. The number of nitrogens with two attached hydrogens (primary N) is 1. The zero-order valence-corrected chi connectivity index (χ0v) is 7.45. The predicted octanol–water partition coefficient (Wildman–Crippen LogP) is -0.165. The molecular formula is C8H12N4O. The van der Waals surface area contributed by atoms with Crippen LogP contribution in [0.3, 0.4) is 0 Å². The second-order valence-electron chi connectivity index (χ2n) is 3.25. The molecule has 1 saturated heterocycles. The number of hydrogen-bond acceptors (Lipinski definition) is 3. The Morgan fingerprint density at radius 3 is 3.00 bits per heavy atom. The van der Waals surface area contributed by atoms with E-state index >= 15 is 0 Å². The van der Waals surface area contributed by atoms with Gasteiger partial charge >= 0.3 is 0 Å². The van der Waals surface area contributed by atoms with E-state index in [2.05, 4.69) is 10.4 Å². The fourth-order valence-corrected chi connectivity index (χ4v) is 1.49. The molecule has 0 aliphatic carbocycles. The largest absolute Gasteiger partial charge is 0.396 e. The van der Waals surface area contributed by atoms with E-state index in [-0.39, 0.29) is 11.9 Å². The van der Waals surface area contributed by atoms with Gasteiger partial charge in [0.25, 0.3) is 0 Å². The SMILES string of the molecule is Cc1nn(C2CCNC2=O)cc1N. The minimum absolute atomic E-state index is 0.0301. The maximum absolute atomic E-state index is 11.3. The molecule has 1 atom stereocenters. The number of aromatic nitrogens is 2. The van der Waals surface area contributed by atoms with Crippen molar-refractivity contribution in [3.63, 3.8) is 0 Å². The van der Waals surface area contributed by atoms with Crippen molar-refractivity contribution in [3.05, 3.63) is 11.9 Å². The average molecular weight is 180 g/mol. The summed E-state index contributed by atoms with van der Waals surface area (Å²) in [6.45, 7) is 2.56. The number of nitrogens with one attached hydrogen (secondary N) is 1. The summed E-state index contributed by atoms with van der Waals surface area (Å²) < 4.78 is 1.65. The van der Waals surface area contributed by atoms with Crippen molar-refractivity contribution >= 4 is 11.6 Å². The average Bonchev–Trinajstić information content (AvgIpc) is 2.60. The van der Waals surface area contributed by atoms with Crippen molar-refractivity contribution in [3.8, 4) is 0 Å². The Morgan fingerprint density at radius 1 is 1.77 bits per heavy atom. The van der Waals surface area contributed by atoms with Gasteiger partial charge in [-0.1, -0.05) is 0 Å². The van der Waals surface area contributed by atoms with Crippen molar-refractivity contribution in [2.24, 2.45) is 0 Å². The molecule has 1 aromatic heterocycles. The van der Waals surface area contributed by atoms with E-state index in [0.717, 1.165) is 18.7 Å². The second kappa shape index (κ2) is 2.76. The van der Waals surface area contributed by atoms with Crippen molar-refractivity contribution < 1.29 is 4.79 Å². The van der Waals surface area contributed by atoms with Gasteiger partial charge < -0.3 is 11.1 Å². The molecule has 70 valence electrons. The first kappa shape index (κ1) is 8.10. The Bertz CT molecular complexity index is 324. The molecule has 3 N–H and O–H groups in total. The van der Waals surface area contributed by atoms with Crippen LogP contribution < -0.4 is 11.1 Å². The Labute approximate surface area is 75.9 Å². The fraction of sp³-hybridized carbons (Fsp3) is 0.500. The molecule has 2 heterocycles. The van der Waals surface area contributed by atoms with Crippen LogP contribution in [0.15, 0.2) is 6.20 Å². The molecule has 1 unspecified atom stereocenters. The lowest BCUT2D eigenvalue weighted by molar-refractivity contribution is -0.122. The molecule has 1 aliphatic heterocycles. The lowest BCUT2D eigenvalue weighted by Gasteiger charge is -2.05. The molecule has 0 saturated carbocycles. The van der Waals surface area contributed by atoms with Gasteiger partial charge in [-0.15, -0.1) is 0 Å². The summed E-state index contributed by atoms with van der Waals surface area (Å²) in [6, 6.07) is -0.170. The van der Waals surface area contributed by atoms with E-state index in [1.54, 1.807) is 10.9 Å². The normalized spacial score (nSPS) is 21.9. The number of anilines is 1. The maximum atomic E-state index is 11.3. The van der Waals surface area contributed by atoms with Gasteiger partial charge in [0.1, 0.15) is 6.04 Å². The highest BCUT2D eigenvalue weighted by atomic mass is 16.2. The monoisotopic (exact) mass is 180 g/mol. The molecule has 5 nitrogen and oxygen atoms in total. The van der Waals surface area contributed by atoms with Crippen LogP contribution in [-0.2, 0) is 4.79 Å². The molecule has 1 amide bonds. The molecule has 1 aliphatic rings. The Kier molecular flexibility index (Phi) is 1.72. The van der Waals surface area contributed by atoms with Crippen LogP contribution in [-0.4, -0.2) is 22.2 Å². The molecule has 0 spiro atoms. The maximum Gasteiger partial charge on any atom is 0.244 e. The van der Waals surface area contributed by atoms with Crippen LogP contribution in [0.2, 0.25) is 0 Å². The molecule has 0 aromatic carbocycles. The van der Waals surface area contributed by atoms with Crippen molar-refractivity contribution in [1.82, 2.24) is 15.1 Å². The van der Waals surface area contributed by atoms with E-state index in [4.69, 9.17) is 5.73 Å².